The van der Waals surface area contributed by atoms with Crippen molar-refractivity contribution in [2.24, 2.45) is 0 Å². The number of aromatic nitrogens is 1. The van der Waals surface area contributed by atoms with E-state index in [1.165, 1.54) is 0 Å². The first-order valence-electron chi connectivity index (χ1n) is 7.66. The molecule has 120 valence electrons. The van der Waals surface area contributed by atoms with Gasteiger partial charge in [-0.25, -0.2) is 4.98 Å². The molecule has 4 rings (SSSR count). The fourth-order valence-electron chi connectivity index (χ4n) is 2.74. The first-order valence-corrected chi connectivity index (χ1v) is 8.54. The van der Waals surface area contributed by atoms with E-state index in [0.717, 1.165) is 42.4 Å². The standard InChI is InChI=1S/C16H17N3O3S/c20-15-8-22-14-4-3-10(6-12(14)18-15)13-9-23-16(19-13)17-7-11-2-1-5-21-11/h3-4,6,9,11H,1-2,5,7-8H2,(H,17,19)(H,18,20). The van der Waals surface area contributed by atoms with E-state index < -0.39 is 0 Å². The van der Waals surface area contributed by atoms with Gasteiger partial charge in [0, 0.05) is 24.1 Å². The highest BCUT2D eigenvalue weighted by molar-refractivity contribution is 7.14. The number of carbonyl (C=O) groups is 1. The van der Waals surface area contributed by atoms with Crippen molar-refractivity contribution < 1.29 is 14.3 Å². The predicted octanol–water partition coefficient (Wildman–Crippen LogP) is 2.73. The zero-order valence-electron chi connectivity index (χ0n) is 12.5. The molecule has 1 atom stereocenters. The van der Waals surface area contributed by atoms with Gasteiger partial charge in [-0.1, -0.05) is 0 Å². The Balaban J connectivity index is 1.47. The quantitative estimate of drug-likeness (QED) is 0.901. The number of hydrogen-bond donors (Lipinski definition) is 2. The van der Waals surface area contributed by atoms with Crippen LogP contribution < -0.4 is 15.4 Å². The van der Waals surface area contributed by atoms with Crippen molar-refractivity contribution >= 4 is 28.1 Å². The van der Waals surface area contributed by atoms with Crippen molar-refractivity contribution in [2.45, 2.75) is 18.9 Å². The van der Waals surface area contributed by atoms with Crippen molar-refractivity contribution in [3.05, 3.63) is 23.6 Å². The van der Waals surface area contributed by atoms with Crippen LogP contribution in [0.4, 0.5) is 10.8 Å². The van der Waals surface area contributed by atoms with Crippen LogP contribution in [0.5, 0.6) is 5.75 Å². The van der Waals surface area contributed by atoms with Gasteiger partial charge in [-0.15, -0.1) is 11.3 Å². The summed E-state index contributed by atoms with van der Waals surface area (Å²) < 4.78 is 11.0. The number of amides is 1. The summed E-state index contributed by atoms with van der Waals surface area (Å²) >= 11 is 1.57. The lowest BCUT2D eigenvalue weighted by Gasteiger charge is -2.18. The summed E-state index contributed by atoms with van der Waals surface area (Å²) in [6.45, 7) is 1.72. The molecule has 1 amide bonds. The Morgan fingerprint density at radius 3 is 3.26 bits per heavy atom. The van der Waals surface area contributed by atoms with Gasteiger partial charge < -0.3 is 20.1 Å². The van der Waals surface area contributed by atoms with Crippen LogP contribution in [0.1, 0.15) is 12.8 Å². The maximum atomic E-state index is 11.4. The van der Waals surface area contributed by atoms with Crippen molar-refractivity contribution in [3.8, 4) is 17.0 Å². The number of anilines is 2. The second kappa shape index (κ2) is 6.17. The maximum Gasteiger partial charge on any atom is 0.262 e. The van der Waals surface area contributed by atoms with Crippen LogP contribution >= 0.6 is 11.3 Å². The second-order valence-corrected chi connectivity index (χ2v) is 6.46. The zero-order valence-corrected chi connectivity index (χ0v) is 13.3. The fraction of sp³-hybridized carbons (Fsp3) is 0.375. The molecule has 1 aromatic carbocycles. The maximum absolute atomic E-state index is 11.4. The Labute approximate surface area is 137 Å². The van der Waals surface area contributed by atoms with E-state index in [-0.39, 0.29) is 12.5 Å². The predicted molar refractivity (Wildman–Crippen MR) is 89.1 cm³/mol. The zero-order chi connectivity index (χ0) is 15.6. The highest BCUT2D eigenvalue weighted by Crippen LogP contribution is 2.33. The van der Waals surface area contributed by atoms with E-state index in [2.05, 4.69) is 15.6 Å². The molecule has 23 heavy (non-hydrogen) atoms. The van der Waals surface area contributed by atoms with Crippen molar-refractivity contribution in [1.82, 2.24) is 4.98 Å². The molecular formula is C16H17N3O3S. The Bertz CT molecular complexity index is 725. The van der Waals surface area contributed by atoms with Gasteiger partial charge >= 0.3 is 0 Å². The molecule has 0 aliphatic carbocycles. The van der Waals surface area contributed by atoms with E-state index in [9.17, 15) is 4.79 Å². The summed E-state index contributed by atoms with van der Waals surface area (Å²) in [6.07, 6.45) is 2.53. The molecule has 0 saturated carbocycles. The molecule has 1 aromatic heterocycles. The molecule has 1 saturated heterocycles. The van der Waals surface area contributed by atoms with Crippen LogP contribution in [0.2, 0.25) is 0 Å². The molecule has 0 bridgehead atoms. The van der Waals surface area contributed by atoms with Gasteiger partial charge in [-0.2, -0.15) is 0 Å². The first kappa shape index (κ1) is 14.5. The van der Waals surface area contributed by atoms with Crippen molar-refractivity contribution in [3.63, 3.8) is 0 Å². The normalized spacial score (nSPS) is 19.8. The highest BCUT2D eigenvalue weighted by atomic mass is 32.1. The molecule has 2 aliphatic heterocycles. The topological polar surface area (TPSA) is 72.5 Å². The Morgan fingerprint density at radius 2 is 2.39 bits per heavy atom. The largest absolute Gasteiger partial charge is 0.482 e. The van der Waals surface area contributed by atoms with Crippen LogP contribution in [0.15, 0.2) is 23.6 Å². The number of rotatable bonds is 4. The summed E-state index contributed by atoms with van der Waals surface area (Å²) in [4.78, 5) is 16.0. The number of benzene rings is 1. The lowest BCUT2D eigenvalue weighted by Crippen LogP contribution is -2.25. The summed E-state index contributed by atoms with van der Waals surface area (Å²) in [5.74, 6) is 0.562. The lowest BCUT2D eigenvalue weighted by atomic mass is 10.1. The molecule has 0 spiro atoms. The van der Waals surface area contributed by atoms with Gasteiger partial charge in [-0.3, -0.25) is 4.79 Å². The molecule has 2 N–H and O–H groups in total. The third-order valence-electron chi connectivity index (χ3n) is 3.92. The van der Waals surface area contributed by atoms with Crippen LogP contribution in [0.25, 0.3) is 11.3 Å². The van der Waals surface area contributed by atoms with Gasteiger partial charge in [0.2, 0.25) is 0 Å². The molecule has 1 unspecified atom stereocenters. The molecule has 7 heteroatoms. The minimum absolute atomic E-state index is 0.0698. The van der Waals surface area contributed by atoms with E-state index in [4.69, 9.17) is 9.47 Å². The lowest BCUT2D eigenvalue weighted by molar-refractivity contribution is -0.118. The molecular weight excluding hydrogens is 314 g/mol. The van der Waals surface area contributed by atoms with Crippen LogP contribution in [-0.4, -0.2) is 36.8 Å². The van der Waals surface area contributed by atoms with Crippen molar-refractivity contribution in [1.29, 1.82) is 0 Å². The number of carbonyl (C=O) groups excluding carboxylic acids is 1. The monoisotopic (exact) mass is 331 g/mol. The van der Waals surface area contributed by atoms with E-state index in [1.807, 2.05) is 23.6 Å². The summed E-state index contributed by atoms with van der Waals surface area (Å²) in [5.41, 5.74) is 2.53. The molecule has 2 aromatic rings. The first-order chi connectivity index (χ1) is 11.3. The Morgan fingerprint density at radius 1 is 1.43 bits per heavy atom. The van der Waals surface area contributed by atoms with Crippen LogP contribution in [0.3, 0.4) is 0 Å². The Hall–Kier alpha value is -2.12. The summed E-state index contributed by atoms with van der Waals surface area (Å²) in [5, 5.41) is 9.04. The van der Waals surface area contributed by atoms with E-state index in [0.29, 0.717) is 17.5 Å². The third kappa shape index (κ3) is 3.16. The smallest absolute Gasteiger partial charge is 0.262 e. The number of thiazole rings is 1. The number of fused-ring (bicyclic) bond motifs is 1. The SMILES string of the molecule is O=C1COc2ccc(-c3csc(NCC4CCCO4)n3)cc2N1. The van der Waals surface area contributed by atoms with Crippen molar-refractivity contribution in [2.75, 3.05) is 30.4 Å². The average Bonchev–Trinajstić information content (AvgIpc) is 3.24. The van der Waals surface area contributed by atoms with E-state index >= 15 is 0 Å². The third-order valence-corrected chi connectivity index (χ3v) is 4.72. The summed E-state index contributed by atoms with van der Waals surface area (Å²) in [6, 6.07) is 5.71. The average molecular weight is 331 g/mol. The molecule has 0 radical (unpaired) electrons. The molecule has 3 heterocycles. The van der Waals surface area contributed by atoms with Crippen LogP contribution in [-0.2, 0) is 9.53 Å². The molecule has 2 aliphatic rings. The number of ether oxygens (including phenoxy) is 2. The van der Waals surface area contributed by atoms with Gasteiger partial charge in [0.15, 0.2) is 11.7 Å². The number of nitrogens with zero attached hydrogens (tertiary/aromatic N) is 1. The highest BCUT2D eigenvalue weighted by Gasteiger charge is 2.18. The fourth-order valence-corrected chi connectivity index (χ4v) is 3.47. The van der Waals surface area contributed by atoms with Gasteiger partial charge in [0.1, 0.15) is 5.75 Å². The van der Waals surface area contributed by atoms with Gasteiger partial charge in [0.05, 0.1) is 17.5 Å². The minimum atomic E-state index is -0.133. The van der Waals surface area contributed by atoms with Gasteiger partial charge in [-0.05, 0) is 31.0 Å². The molecule has 1 fully saturated rings. The Kier molecular flexibility index (Phi) is 3.88. The number of hydrogen-bond acceptors (Lipinski definition) is 6. The number of nitrogens with one attached hydrogen (secondary N) is 2. The van der Waals surface area contributed by atoms with E-state index in [1.54, 1.807) is 11.3 Å². The second-order valence-electron chi connectivity index (χ2n) is 5.60. The van der Waals surface area contributed by atoms with Crippen LogP contribution in [0, 0.1) is 0 Å². The summed E-state index contributed by atoms with van der Waals surface area (Å²) in [7, 11) is 0. The van der Waals surface area contributed by atoms with Gasteiger partial charge in [0.25, 0.3) is 5.91 Å². The minimum Gasteiger partial charge on any atom is -0.482 e. The molecule has 6 nitrogen and oxygen atoms in total.